The highest BCUT2D eigenvalue weighted by Crippen LogP contribution is 2.64. The molecule has 4 rings (SSSR count). The van der Waals surface area contributed by atoms with Crippen LogP contribution in [0.4, 0.5) is 0 Å². The van der Waals surface area contributed by atoms with Crippen LogP contribution < -0.4 is 0 Å². The Kier molecular flexibility index (Phi) is 3.14. The van der Waals surface area contributed by atoms with Crippen molar-refractivity contribution >= 4 is 0 Å². The topological polar surface area (TPSA) is 40.5 Å². The highest BCUT2D eigenvalue weighted by Gasteiger charge is 2.59. The molecule has 0 bridgehead atoms. The molecular formula is C20H28O2. The molecule has 0 aromatic heterocycles. The van der Waals surface area contributed by atoms with Crippen LogP contribution in [0.15, 0.2) is 18.2 Å². The molecule has 0 heterocycles. The van der Waals surface area contributed by atoms with Crippen LogP contribution in [0.1, 0.15) is 57.1 Å². The Labute approximate surface area is 133 Å². The van der Waals surface area contributed by atoms with Crippen molar-refractivity contribution in [2.45, 2.75) is 58.5 Å². The van der Waals surface area contributed by atoms with Gasteiger partial charge in [-0.15, -0.1) is 0 Å². The molecule has 1 aromatic rings. The number of fused-ring (bicyclic) bond motifs is 5. The Morgan fingerprint density at radius 3 is 2.68 bits per heavy atom. The SMILES string of the molecule is CC1C(C)[C@H]2[C@@H]3CCc4cc(O)ccc4[C@H]3CC[C@]2(C)[C@@H]1O. The largest absolute Gasteiger partial charge is 0.508 e. The standard InChI is InChI=1S/C20H28O2/c1-11-12(2)19(22)20(3)9-8-16-15-7-5-14(21)10-13(15)4-6-17(16)18(11)20/h5,7,10-12,16-19,21-22H,4,6,8-9H2,1-3H3/t11?,12?,16-,17-,18+,19-,20+/m1/s1. The summed E-state index contributed by atoms with van der Waals surface area (Å²) in [6, 6.07) is 5.98. The van der Waals surface area contributed by atoms with Gasteiger partial charge >= 0.3 is 0 Å². The third kappa shape index (κ3) is 1.76. The summed E-state index contributed by atoms with van der Waals surface area (Å²) in [6.45, 7) is 6.94. The van der Waals surface area contributed by atoms with Gasteiger partial charge in [0.05, 0.1) is 6.10 Å². The molecule has 2 nitrogen and oxygen atoms in total. The highest BCUT2D eigenvalue weighted by molar-refractivity contribution is 5.40. The molecule has 120 valence electrons. The average Bonchev–Trinajstić information content (AvgIpc) is 2.68. The summed E-state index contributed by atoms with van der Waals surface area (Å²) in [5, 5.41) is 20.6. The van der Waals surface area contributed by atoms with Crippen LogP contribution >= 0.6 is 0 Å². The number of aliphatic hydroxyl groups excluding tert-OH is 1. The van der Waals surface area contributed by atoms with E-state index < -0.39 is 0 Å². The summed E-state index contributed by atoms with van der Waals surface area (Å²) in [5.41, 5.74) is 2.93. The van der Waals surface area contributed by atoms with Crippen LogP contribution in [0.25, 0.3) is 0 Å². The maximum absolute atomic E-state index is 10.8. The van der Waals surface area contributed by atoms with E-state index in [1.807, 2.05) is 12.1 Å². The van der Waals surface area contributed by atoms with Gasteiger partial charge in [0.15, 0.2) is 0 Å². The zero-order valence-electron chi connectivity index (χ0n) is 13.9. The second-order valence-electron chi connectivity index (χ2n) is 8.43. The van der Waals surface area contributed by atoms with Crippen LogP contribution in [0.3, 0.4) is 0 Å². The van der Waals surface area contributed by atoms with E-state index in [2.05, 4.69) is 26.8 Å². The smallest absolute Gasteiger partial charge is 0.115 e. The quantitative estimate of drug-likeness (QED) is 0.757. The van der Waals surface area contributed by atoms with Crippen molar-refractivity contribution in [1.82, 2.24) is 0 Å². The van der Waals surface area contributed by atoms with Crippen LogP contribution in [0.5, 0.6) is 5.75 Å². The monoisotopic (exact) mass is 300 g/mol. The van der Waals surface area contributed by atoms with Gasteiger partial charge < -0.3 is 10.2 Å². The number of phenolic OH excluding ortho intramolecular Hbond substituents is 1. The molecule has 0 spiro atoms. The zero-order chi connectivity index (χ0) is 15.6. The van der Waals surface area contributed by atoms with Crippen molar-refractivity contribution < 1.29 is 10.2 Å². The summed E-state index contributed by atoms with van der Waals surface area (Å²) in [5.74, 6) is 3.38. The van der Waals surface area contributed by atoms with Gasteiger partial charge in [-0.2, -0.15) is 0 Å². The molecule has 3 aliphatic carbocycles. The van der Waals surface area contributed by atoms with Crippen LogP contribution in [-0.4, -0.2) is 16.3 Å². The molecule has 2 heteroatoms. The van der Waals surface area contributed by atoms with E-state index in [4.69, 9.17) is 0 Å². The molecule has 0 radical (unpaired) electrons. The van der Waals surface area contributed by atoms with Gasteiger partial charge in [0, 0.05) is 0 Å². The first kappa shape index (κ1) is 14.6. The molecule has 0 aliphatic heterocycles. The van der Waals surface area contributed by atoms with Crippen molar-refractivity contribution in [3.63, 3.8) is 0 Å². The van der Waals surface area contributed by atoms with Crippen molar-refractivity contribution in [1.29, 1.82) is 0 Å². The molecule has 2 N–H and O–H groups in total. The van der Waals surface area contributed by atoms with Gasteiger partial charge in [0.1, 0.15) is 5.75 Å². The predicted octanol–water partition coefficient (Wildman–Crippen LogP) is 4.10. The van der Waals surface area contributed by atoms with Crippen molar-refractivity contribution in [2.75, 3.05) is 0 Å². The van der Waals surface area contributed by atoms with E-state index in [9.17, 15) is 10.2 Å². The Balaban J connectivity index is 1.74. The lowest BCUT2D eigenvalue weighted by molar-refractivity contribution is -0.0339. The third-order valence-corrected chi connectivity index (χ3v) is 7.58. The molecule has 0 amide bonds. The van der Waals surface area contributed by atoms with Crippen molar-refractivity contribution in [2.24, 2.45) is 29.1 Å². The van der Waals surface area contributed by atoms with Gasteiger partial charge in [0.2, 0.25) is 0 Å². The zero-order valence-corrected chi connectivity index (χ0v) is 13.9. The number of hydrogen-bond acceptors (Lipinski definition) is 2. The summed E-state index contributed by atoms with van der Waals surface area (Å²) in [4.78, 5) is 0. The molecule has 7 atom stereocenters. The second-order valence-corrected chi connectivity index (χ2v) is 8.43. The Morgan fingerprint density at radius 1 is 1.14 bits per heavy atom. The summed E-state index contributed by atoms with van der Waals surface area (Å²) < 4.78 is 0. The molecule has 22 heavy (non-hydrogen) atoms. The van der Waals surface area contributed by atoms with Gasteiger partial charge in [-0.1, -0.05) is 26.8 Å². The lowest BCUT2D eigenvalue weighted by Gasteiger charge is -2.51. The molecule has 0 saturated heterocycles. The maximum atomic E-state index is 10.8. The average molecular weight is 300 g/mol. The summed E-state index contributed by atoms with van der Waals surface area (Å²) in [6.07, 6.45) is 4.47. The number of benzene rings is 1. The predicted molar refractivity (Wildman–Crippen MR) is 87.8 cm³/mol. The first-order valence-corrected chi connectivity index (χ1v) is 8.93. The lowest BCUT2D eigenvalue weighted by atomic mass is 9.54. The number of aliphatic hydroxyl groups is 1. The third-order valence-electron chi connectivity index (χ3n) is 7.58. The van der Waals surface area contributed by atoms with E-state index in [1.54, 1.807) is 0 Å². The molecule has 3 aliphatic rings. The van der Waals surface area contributed by atoms with Crippen molar-refractivity contribution in [3.8, 4) is 5.75 Å². The lowest BCUT2D eigenvalue weighted by Crippen LogP contribution is -2.45. The Hall–Kier alpha value is -1.02. The highest BCUT2D eigenvalue weighted by atomic mass is 16.3. The Morgan fingerprint density at radius 2 is 1.91 bits per heavy atom. The van der Waals surface area contributed by atoms with Crippen LogP contribution in [0, 0.1) is 29.1 Å². The first-order valence-electron chi connectivity index (χ1n) is 8.93. The maximum Gasteiger partial charge on any atom is 0.115 e. The summed E-state index contributed by atoms with van der Waals surface area (Å²) in [7, 11) is 0. The number of rotatable bonds is 0. The van der Waals surface area contributed by atoms with E-state index >= 15 is 0 Å². The van der Waals surface area contributed by atoms with E-state index in [1.165, 1.54) is 24.0 Å². The number of hydrogen-bond donors (Lipinski definition) is 2. The number of aromatic hydroxyl groups is 1. The second kappa shape index (κ2) is 4.74. The number of aryl methyl sites for hydroxylation is 1. The minimum Gasteiger partial charge on any atom is -0.508 e. The van der Waals surface area contributed by atoms with Gasteiger partial charge in [-0.3, -0.25) is 0 Å². The van der Waals surface area contributed by atoms with E-state index in [0.29, 0.717) is 35.3 Å². The fourth-order valence-corrected chi connectivity index (χ4v) is 6.40. The van der Waals surface area contributed by atoms with Crippen LogP contribution in [0.2, 0.25) is 0 Å². The van der Waals surface area contributed by atoms with Gasteiger partial charge in [0.25, 0.3) is 0 Å². The molecule has 2 saturated carbocycles. The molecule has 1 aromatic carbocycles. The number of phenols is 1. The first-order chi connectivity index (χ1) is 10.4. The Bertz CT molecular complexity index is 595. The van der Waals surface area contributed by atoms with E-state index in [0.717, 1.165) is 12.8 Å². The normalized spacial score (nSPS) is 46.7. The minimum atomic E-state index is -0.144. The minimum absolute atomic E-state index is 0.106. The summed E-state index contributed by atoms with van der Waals surface area (Å²) >= 11 is 0. The van der Waals surface area contributed by atoms with Crippen molar-refractivity contribution in [3.05, 3.63) is 29.3 Å². The fourth-order valence-electron chi connectivity index (χ4n) is 6.40. The van der Waals surface area contributed by atoms with E-state index in [-0.39, 0.29) is 11.5 Å². The fraction of sp³-hybridized carbons (Fsp3) is 0.700. The van der Waals surface area contributed by atoms with Gasteiger partial charge in [-0.05, 0) is 83.9 Å². The van der Waals surface area contributed by atoms with Gasteiger partial charge in [-0.25, -0.2) is 0 Å². The molecular weight excluding hydrogens is 272 g/mol. The molecule has 2 fully saturated rings. The molecule has 2 unspecified atom stereocenters. The van der Waals surface area contributed by atoms with Crippen LogP contribution in [-0.2, 0) is 6.42 Å².